The zero-order valence-electron chi connectivity index (χ0n) is 10.0. The van der Waals surface area contributed by atoms with Crippen LogP contribution in [0.2, 0.25) is 5.02 Å². The highest BCUT2D eigenvalue weighted by molar-refractivity contribution is 6.30. The first-order valence-electron chi connectivity index (χ1n) is 6.40. The molecule has 2 saturated carbocycles. The van der Waals surface area contributed by atoms with Crippen molar-refractivity contribution in [3.63, 3.8) is 0 Å². The fourth-order valence-electron chi connectivity index (χ4n) is 2.58. The highest BCUT2D eigenvalue weighted by atomic mass is 35.5. The Hall–Kier alpha value is -1.06. The molecule has 96 valence electrons. The Morgan fingerprint density at radius 1 is 1.22 bits per heavy atom. The van der Waals surface area contributed by atoms with Crippen LogP contribution in [0, 0.1) is 5.92 Å². The van der Waals surface area contributed by atoms with Gasteiger partial charge in [0, 0.05) is 11.1 Å². The molecule has 3 nitrogen and oxygen atoms in total. The van der Waals surface area contributed by atoms with Gasteiger partial charge in [0.2, 0.25) is 0 Å². The molecule has 0 aromatic heterocycles. The van der Waals surface area contributed by atoms with Crippen molar-refractivity contribution in [3.8, 4) is 0 Å². The van der Waals surface area contributed by atoms with E-state index in [0.29, 0.717) is 11.1 Å². The molecular formula is C14H16ClNO2. The second kappa shape index (κ2) is 4.25. The van der Waals surface area contributed by atoms with E-state index in [9.17, 15) is 9.90 Å². The molecule has 18 heavy (non-hydrogen) atoms. The Morgan fingerprint density at radius 3 is 2.28 bits per heavy atom. The van der Waals surface area contributed by atoms with E-state index in [1.165, 1.54) is 0 Å². The van der Waals surface area contributed by atoms with Crippen LogP contribution in [0.3, 0.4) is 0 Å². The average Bonchev–Trinajstić information content (AvgIpc) is 3.20. The number of carboxylic acids is 1. The summed E-state index contributed by atoms with van der Waals surface area (Å²) in [6.07, 6.45) is 4.12. The van der Waals surface area contributed by atoms with E-state index in [2.05, 4.69) is 5.32 Å². The van der Waals surface area contributed by atoms with Crippen molar-refractivity contribution in [1.29, 1.82) is 0 Å². The van der Waals surface area contributed by atoms with Gasteiger partial charge in [-0.15, -0.1) is 0 Å². The zero-order chi connectivity index (χ0) is 12.8. The van der Waals surface area contributed by atoms with Crippen LogP contribution in [0.15, 0.2) is 24.3 Å². The molecule has 0 radical (unpaired) electrons. The van der Waals surface area contributed by atoms with Gasteiger partial charge in [0.15, 0.2) is 0 Å². The molecule has 2 aliphatic carbocycles. The molecule has 1 unspecified atom stereocenters. The van der Waals surface area contributed by atoms with Crippen LogP contribution in [-0.4, -0.2) is 17.1 Å². The van der Waals surface area contributed by atoms with E-state index < -0.39 is 11.5 Å². The van der Waals surface area contributed by atoms with Crippen molar-refractivity contribution in [2.24, 2.45) is 5.92 Å². The number of aliphatic carboxylic acids is 1. The minimum absolute atomic E-state index is 0.205. The lowest BCUT2D eigenvalue weighted by molar-refractivity contribution is -0.146. The Labute approximate surface area is 111 Å². The van der Waals surface area contributed by atoms with Gasteiger partial charge in [-0.05, 0) is 49.3 Å². The molecule has 2 aliphatic rings. The lowest BCUT2D eigenvalue weighted by atomic mass is 9.84. The number of nitrogens with one attached hydrogen (secondary N) is 1. The van der Waals surface area contributed by atoms with Crippen LogP contribution in [0.4, 0.5) is 0 Å². The summed E-state index contributed by atoms with van der Waals surface area (Å²) in [6.45, 7) is 0. The normalized spacial score (nSPS) is 22.5. The van der Waals surface area contributed by atoms with Crippen LogP contribution in [0.25, 0.3) is 0 Å². The largest absolute Gasteiger partial charge is 0.480 e. The van der Waals surface area contributed by atoms with Crippen molar-refractivity contribution in [1.82, 2.24) is 5.32 Å². The summed E-state index contributed by atoms with van der Waals surface area (Å²) in [6, 6.07) is 7.57. The standard InChI is InChI=1S/C14H16ClNO2/c15-11-5-3-10(4-6-11)14(13(17)18,9-1-2-9)16-12-7-8-12/h3-6,9,12,16H,1-2,7-8H2,(H,17,18). The number of rotatable bonds is 5. The minimum Gasteiger partial charge on any atom is -0.480 e. The third kappa shape index (κ3) is 2.02. The van der Waals surface area contributed by atoms with E-state index in [4.69, 9.17) is 11.6 Å². The molecule has 0 heterocycles. The first kappa shape index (κ1) is 12.0. The predicted octanol–water partition coefficient (Wildman–Crippen LogP) is 2.78. The van der Waals surface area contributed by atoms with Crippen LogP contribution < -0.4 is 5.32 Å². The van der Waals surface area contributed by atoms with Crippen LogP contribution >= 0.6 is 11.6 Å². The molecule has 3 rings (SSSR count). The lowest BCUT2D eigenvalue weighted by Crippen LogP contribution is -2.52. The van der Waals surface area contributed by atoms with Crippen LogP contribution in [-0.2, 0) is 10.3 Å². The third-order valence-electron chi connectivity index (χ3n) is 3.84. The summed E-state index contributed by atoms with van der Waals surface area (Å²) in [7, 11) is 0. The lowest BCUT2D eigenvalue weighted by Gasteiger charge is -2.31. The zero-order valence-corrected chi connectivity index (χ0v) is 10.8. The van der Waals surface area contributed by atoms with Gasteiger partial charge < -0.3 is 5.11 Å². The molecule has 0 spiro atoms. The number of halogens is 1. The second-order valence-corrected chi connectivity index (χ2v) is 5.75. The Morgan fingerprint density at radius 2 is 1.83 bits per heavy atom. The monoisotopic (exact) mass is 265 g/mol. The Bertz CT molecular complexity index is 465. The third-order valence-corrected chi connectivity index (χ3v) is 4.09. The summed E-state index contributed by atoms with van der Waals surface area (Å²) in [5, 5.41) is 13.7. The van der Waals surface area contributed by atoms with E-state index in [1.54, 1.807) is 12.1 Å². The SMILES string of the molecule is O=C(O)C(NC1CC1)(c1ccc(Cl)cc1)C1CC1. The topological polar surface area (TPSA) is 49.3 Å². The van der Waals surface area contributed by atoms with Crippen molar-refractivity contribution in [2.45, 2.75) is 37.3 Å². The molecule has 2 fully saturated rings. The van der Waals surface area contributed by atoms with E-state index in [-0.39, 0.29) is 5.92 Å². The molecule has 0 bridgehead atoms. The molecule has 0 saturated heterocycles. The molecule has 1 aromatic carbocycles. The smallest absolute Gasteiger partial charge is 0.328 e. The molecule has 4 heteroatoms. The fraction of sp³-hybridized carbons (Fsp3) is 0.500. The van der Waals surface area contributed by atoms with E-state index in [0.717, 1.165) is 31.2 Å². The maximum atomic E-state index is 11.9. The number of benzene rings is 1. The van der Waals surface area contributed by atoms with Gasteiger partial charge in [-0.3, -0.25) is 5.32 Å². The van der Waals surface area contributed by atoms with Crippen molar-refractivity contribution < 1.29 is 9.90 Å². The maximum absolute atomic E-state index is 11.9. The number of carbonyl (C=O) groups is 1. The quantitative estimate of drug-likeness (QED) is 0.861. The number of hydrogen-bond donors (Lipinski definition) is 2. The highest BCUT2D eigenvalue weighted by Crippen LogP contribution is 2.47. The molecule has 1 atom stereocenters. The summed E-state index contributed by atoms with van der Waals surface area (Å²) in [4.78, 5) is 11.9. The molecule has 1 aromatic rings. The predicted molar refractivity (Wildman–Crippen MR) is 69.6 cm³/mol. The summed E-state index contributed by atoms with van der Waals surface area (Å²) >= 11 is 5.89. The minimum atomic E-state index is -0.911. The highest BCUT2D eigenvalue weighted by Gasteiger charge is 2.54. The Kier molecular flexibility index (Phi) is 2.83. The summed E-state index contributed by atoms with van der Waals surface area (Å²) < 4.78 is 0. The average molecular weight is 266 g/mol. The van der Waals surface area contributed by atoms with Gasteiger partial charge in [0.1, 0.15) is 5.54 Å². The van der Waals surface area contributed by atoms with Gasteiger partial charge in [-0.25, -0.2) is 4.79 Å². The second-order valence-electron chi connectivity index (χ2n) is 5.31. The maximum Gasteiger partial charge on any atom is 0.328 e. The number of hydrogen-bond acceptors (Lipinski definition) is 2. The summed E-state index contributed by atoms with van der Waals surface area (Å²) in [5.74, 6) is -0.559. The molecule has 2 N–H and O–H groups in total. The molecular weight excluding hydrogens is 250 g/mol. The Balaban J connectivity index is 2.01. The van der Waals surface area contributed by atoms with Crippen molar-refractivity contribution in [3.05, 3.63) is 34.9 Å². The van der Waals surface area contributed by atoms with Gasteiger partial charge >= 0.3 is 5.97 Å². The van der Waals surface area contributed by atoms with E-state index >= 15 is 0 Å². The van der Waals surface area contributed by atoms with Crippen molar-refractivity contribution in [2.75, 3.05) is 0 Å². The summed E-state index contributed by atoms with van der Waals surface area (Å²) in [5.41, 5.74) is -0.0834. The first-order chi connectivity index (χ1) is 8.63. The van der Waals surface area contributed by atoms with Crippen LogP contribution in [0.5, 0.6) is 0 Å². The van der Waals surface area contributed by atoms with Gasteiger partial charge in [-0.2, -0.15) is 0 Å². The van der Waals surface area contributed by atoms with E-state index in [1.807, 2.05) is 12.1 Å². The first-order valence-corrected chi connectivity index (χ1v) is 6.78. The fourth-order valence-corrected chi connectivity index (χ4v) is 2.70. The number of carboxylic acid groups (broad SMARTS) is 1. The molecule has 0 amide bonds. The van der Waals surface area contributed by atoms with Crippen LogP contribution in [0.1, 0.15) is 31.2 Å². The van der Waals surface area contributed by atoms with Crippen molar-refractivity contribution >= 4 is 17.6 Å². The van der Waals surface area contributed by atoms with Gasteiger partial charge in [0.05, 0.1) is 0 Å². The molecule has 0 aliphatic heterocycles. The van der Waals surface area contributed by atoms with Gasteiger partial charge in [-0.1, -0.05) is 23.7 Å². The van der Waals surface area contributed by atoms with Gasteiger partial charge in [0.25, 0.3) is 0 Å².